The van der Waals surface area contributed by atoms with Crippen LogP contribution in [0.3, 0.4) is 0 Å². The average molecular weight is 706 g/mol. The standard InChI is InChI=1S/C52H35NS/c1-51(2)40-25-13-10-22-37(40)45-46-39-24-12-16-28-44(39)54-50(46)47-38-23-11-15-27-43(38)53(49(47)48(45)51)34-29-30-36-35-21-9-14-26-41(35)52(42(36)31-34,32-17-5-3-6-18-32)33-19-7-4-8-20-33/h3-31H,1-2H3. The van der Waals surface area contributed by atoms with Gasteiger partial charge < -0.3 is 4.57 Å². The predicted molar refractivity (Wildman–Crippen MR) is 229 cm³/mol. The van der Waals surface area contributed by atoms with E-state index in [1.54, 1.807) is 0 Å². The van der Waals surface area contributed by atoms with Crippen LogP contribution in [0.2, 0.25) is 0 Å². The average Bonchev–Trinajstić information content (AvgIpc) is 3.93. The molecule has 2 aliphatic rings. The summed E-state index contributed by atoms with van der Waals surface area (Å²) < 4.78 is 5.33. The maximum Gasteiger partial charge on any atom is 0.0714 e. The van der Waals surface area contributed by atoms with Gasteiger partial charge in [-0.05, 0) is 79.9 Å². The molecular weight excluding hydrogens is 671 g/mol. The first-order valence-electron chi connectivity index (χ1n) is 18.9. The second-order valence-electron chi connectivity index (χ2n) is 15.6. The zero-order chi connectivity index (χ0) is 35.8. The number of para-hydroxylation sites is 1. The molecule has 0 saturated heterocycles. The molecule has 10 aromatic rings. The van der Waals surface area contributed by atoms with Crippen molar-refractivity contribution >= 4 is 53.3 Å². The van der Waals surface area contributed by atoms with Crippen molar-refractivity contribution < 1.29 is 0 Å². The summed E-state index contributed by atoms with van der Waals surface area (Å²) in [5, 5.41) is 5.42. The van der Waals surface area contributed by atoms with Gasteiger partial charge in [-0.15, -0.1) is 11.3 Å². The fourth-order valence-electron chi connectivity index (χ4n) is 10.5. The Labute approximate surface area is 318 Å². The minimum atomic E-state index is -0.473. The molecule has 2 heterocycles. The molecule has 54 heavy (non-hydrogen) atoms. The summed E-state index contributed by atoms with van der Waals surface area (Å²) >= 11 is 1.95. The number of nitrogens with zero attached hydrogens (tertiary/aromatic N) is 1. The van der Waals surface area contributed by atoms with E-state index in [-0.39, 0.29) is 5.41 Å². The highest BCUT2D eigenvalue weighted by molar-refractivity contribution is 7.27. The second kappa shape index (κ2) is 10.7. The van der Waals surface area contributed by atoms with E-state index in [2.05, 4.69) is 194 Å². The van der Waals surface area contributed by atoms with Crippen molar-refractivity contribution in [1.82, 2.24) is 4.57 Å². The third-order valence-electron chi connectivity index (χ3n) is 12.6. The Morgan fingerprint density at radius 1 is 0.481 bits per heavy atom. The van der Waals surface area contributed by atoms with E-state index in [0.717, 1.165) is 0 Å². The van der Waals surface area contributed by atoms with Gasteiger partial charge in [-0.3, -0.25) is 0 Å². The number of benzene rings is 8. The summed E-state index contributed by atoms with van der Waals surface area (Å²) in [4.78, 5) is 0. The lowest BCUT2D eigenvalue weighted by Crippen LogP contribution is -2.28. The van der Waals surface area contributed by atoms with Crippen molar-refractivity contribution in [2.45, 2.75) is 24.7 Å². The van der Waals surface area contributed by atoms with Crippen molar-refractivity contribution in [2.24, 2.45) is 0 Å². The molecule has 254 valence electrons. The second-order valence-corrected chi connectivity index (χ2v) is 16.6. The van der Waals surface area contributed by atoms with E-state index in [9.17, 15) is 0 Å². The topological polar surface area (TPSA) is 4.93 Å². The third kappa shape index (κ3) is 3.64. The van der Waals surface area contributed by atoms with E-state index in [1.165, 1.54) is 103 Å². The van der Waals surface area contributed by atoms with E-state index in [4.69, 9.17) is 0 Å². The lowest BCUT2D eigenvalue weighted by molar-refractivity contribution is 0.664. The summed E-state index contributed by atoms with van der Waals surface area (Å²) in [5.41, 5.74) is 16.5. The molecule has 0 aliphatic heterocycles. The highest BCUT2D eigenvalue weighted by atomic mass is 32.1. The van der Waals surface area contributed by atoms with Crippen LogP contribution in [0.25, 0.3) is 69.9 Å². The van der Waals surface area contributed by atoms with Crippen LogP contribution in [-0.2, 0) is 10.8 Å². The van der Waals surface area contributed by atoms with Gasteiger partial charge in [-0.2, -0.15) is 0 Å². The zero-order valence-electron chi connectivity index (χ0n) is 30.1. The van der Waals surface area contributed by atoms with Crippen LogP contribution in [0.4, 0.5) is 0 Å². The number of hydrogen-bond donors (Lipinski definition) is 0. The fraction of sp³-hybridized carbons (Fsp3) is 0.0769. The van der Waals surface area contributed by atoms with E-state index < -0.39 is 5.41 Å². The van der Waals surface area contributed by atoms with Crippen LogP contribution in [0.15, 0.2) is 176 Å². The van der Waals surface area contributed by atoms with E-state index in [1.807, 2.05) is 11.3 Å². The van der Waals surface area contributed by atoms with E-state index >= 15 is 0 Å². The molecule has 0 saturated carbocycles. The largest absolute Gasteiger partial charge is 0.309 e. The Hall–Kier alpha value is -6.22. The fourth-order valence-corrected chi connectivity index (χ4v) is 11.8. The molecule has 1 nitrogen and oxygen atoms in total. The number of aromatic nitrogens is 1. The number of rotatable bonds is 3. The Bertz CT molecular complexity index is 3140. The number of thiophene rings is 1. The van der Waals surface area contributed by atoms with Crippen LogP contribution in [0.5, 0.6) is 0 Å². The molecule has 2 aliphatic carbocycles. The molecular formula is C52H35NS. The van der Waals surface area contributed by atoms with Crippen LogP contribution in [-0.4, -0.2) is 4.57 Å². The Morgan fingerprint density at radius 3 is 1.83 bits per heavy atom. The quantitative estimate of drug-likeness (QED) is 0.172. The molecule has 0 N–H and O–H groups in total. The minimum absolute atomic E-state index is 0.210. The monoisotopic (exact) mass is 705 g/mol. The van der Waals surface area contributed by atoms with Gasteiger partial charge in [0, 0.05) is 42.0 Å². The Kier molecular flexibility index (Phi) is 5.99. The molecule has 0 unspecified atom stereocenters. The van der Waals surface area contributed by atoms with Gasteiger partial charge >= 0.3 is 0 Å². The summed E-state index contributed by atoms with van der Waals surface area (Å²) in [6.07, 6.45) is 0. The van der Waals surface area contributed by atoms with Gasteiger partial charge in [0.05, 0.1) is 16.4 Å². The Morgan fingerprint density at radius 2 is 1.07 bits per heavy atom. The van der Waals surface area contributed by atoms with Crippen LogP contribution in [0.1, 0.15) is 47.2 Å². The first kappa shape index (κ1) is 30.3. The van der Waals surface area contributed by atoms with Crippen molar-refractivity contribution in [1.29, 1.82) is 0 Å². The first-order valence-corrected chi connectivity index (χ1v) is 19.8. The maximum atomic E-state index is 2.62. The third-order valence-corrected chi connectivity index (χ3v) is 13.8. The summed E-state index contributed by atoms with van der Waals surface area (Å²) in [5.74, 6) is 0. The van der Waals surface area contributed by atoms with Crippen molar-refractivity contribution in [3.8, 4) is 27.9 Å². The molecule has 8 aromatic carbocycles. The lowest BCUT2D eigenvalue weighted by Gasteiger charge is -2.34. The van der Waals surface area contributed by atoms with Crippen molar-refractivity contribution in [2.75, 3.05) is 0 Å². The molecule has 2 aromatic heterocycles. The Balaban J connectivity index is 1.27. The zero-order valence-corrected chi connectivity index (χ0v) is 30.9. The van der Waals surface area contributed by atoms with Crippen molar-refractivity contribution in [3.63, 3.8) is 0 Å². The molecule has 0 atom stereocenters. The van der Waals surface area contributed by atoms with Gasteiger partial charge in [0.1, 0.15) is 0 Å². The van der Waals surface area contributed by atoms with Crippen LogP contribution in [0, 0.1) is 0 Å². The maximum absolute atomic E-state index is 2.62. The van der Waals surface area contributed by atoms with Gasteiger partial charge in [0.25, 0.3) is 0 Å². The highest BCUT2D eigenvalue weighted by Gasteiger charge is 2.47. The van der Waals surface area contributed by atoms with Crippen molar-refractivity contribution in [3.05, 3.63) is 209 Å². The normalized spacial score (nSPS) is 14.8. The van der Waals surface area contributed by atoms with E-state index in [0.29, 0.717) is 0 Å². The molecule has 0 spiro atoms. The SMILES string of the molecule is CC1(C)c2ccccc2-c2c1c1c(c3ccccc3n1-c1ccc3c(c1)C(c1ccccc1)(c1ccccc1)c1ccccc1-3)c1sc3ccccc3c21. The van der Waals surface area contributed by atoms with Gasteiger partial charge in [0.2, 0.25) is 0 Å². The minimum Gasteiger partial charge on any atom is -0.309 e. The van der Waals surface area contributed by atoms with Gasteiger partial charge in [-0.1, -0.05) is 166 Å². The highest BCUT2D eigenvalue weighted by Crippen LogP contribution is 2.60. The van der Waals surface area contributed by atoms with Gasteiger partial charge in [0.15, 0.2) is 0 Å². The molecule has 0 fully saturated rings. The van der Waals surface area contributed by atoms with Crippen LogP contribution >= 0.6 is 11.3 Å². The molecule has 0 amide bonds. The lowest BCUT2D eigenvalue weighted by atomic mass is 9.67. The summed E-state index contributed by atoms with van der Waals surface area (Å²) in [6.45, 7) is 4.88. The smallest absolute Gasteiger partial charge is 0.0714 e. The molecule has 0 bridgehead atoms. The predicted octanol–water partition coefficient (Wildman–Crippen LogP) is 13.8. The van der Waals surface area contributed by atoms with Crippen LogP contribution < -0.4 is 0 Å². The van der Waals surface area contributed by atoms with Gasteiger partial charge in [-0.25, -0.2) is 0 Å². The number of hydrogen-bond acceptors (Lipinski definition) is 1. The molecule has 12 rings (SSSR count). The summed E-state index contributed by atoms with van der Waals surface area (Å²) in [7, 11) is 0. The molecule has 2 heteroatoms. The summed E-state index contributed by atoms with van der Waals surface area (Å²) in [6, 6.07) is 65.9. The number of fused-ring (bicyclic) bond motifs is 15. The molecule has 0 radical (unpaired) electrons. The first-order chi connectivity index (χ1) is 26.6.